The Kier molecular flexibility index (Phi) is 3.94. The Balaban J connectivity index is 2.34. The Labute approximate surface area is 112 Å². The smallest absolute Gasteiger partial charge is 0.138 e. The summed E-state index contributed by atoms with van der Waals surface area (Å²) >= 11 is 0. The summed E-state index contributed by atoms with van der Waals surface area (Å²) in [7, 11) is 0. The van der Waals surface area contributed by atoms with Crippen LogP contribution in [-0.4, -0.2) is 16.5 Å². The van der Waals surface area contributed by atoms with Gasteiger partial charge in [0.25, 0.3) is 0 Å². The first kappa shape index (κ1) is 12.8. The molecule has 0 saturated carbocycles. The molecule has 0 saturated heterocycles. The molecule has 0 aliphatic rings. The number of nitrogens with one attached hydrogen (secondary N) is 2. The highest BCUT2D eigenvalue weighted by Gasteiger charge is 2.08. The first-order valence-corrected chi connectivity index (χ1v) is 6.08. The van der Waals surface area contributed by atoms with Crippen LogP contribution in [0.15, 0.2) is 30.6 Å². The number of nitrogens with zero attached hydrogens (tertiary/aromatic N) is 3. The molecule has 0 aliphatic carbocycles. The Bertz CT molecular complexity index is 615. The molecule has 5 nitrogen and oxygen atoms in total. The second kappa shape index (κ2) is 5.83. The van der Waals surface area contributed by atoms with E-state index in [1.165, 1.54) is 6.33 Å². The van der Waals surface area contributed by atoms with Gasteiger partial charge in [-0.1, -0.05) is 12.1 Å². The number of rotatable bonds is 4. The average Bonchev–Trinajstić information content (AvgIpc) is 2.44. The van der Waals surface area contributed by atoms with Gasteiger partial charge >= 0.3 is 0 Å². The van der Waals surface area contributed by atoms with Crippen molar-refractivity contribution in [3.05, 3.63) is 41.7 Å². The summed E-state index contributed by atoms with van der Waals surface area (Å²) in [5.41, 5.74) is 2.26. The SMILES string of the molecule is CCNc1ncnc(Nc2ccccc2C#N)c1C. The Morgan fingerprint density at radius 2 is 1.95 bits per heavy atom. The second-order valence-electron chi connectivity index (χ2n) is 4.01. The van der Waals surface area contributed by atoms with Gasteiger partial charge in [-0.25, -0.2) is 9.97 Å². The Morgan fingerprint density at radius 1 is 1.21 bits per heavy atom. The minimum Gasteiger partial charge on any atom is -0.370 e. The van der Waals surface area contributed by atoms with Crippen LogP contribution in [0.1, 0.15) is 18.1 Å². The molecular formula is C14H15N5. The quantitative estimate of drug-likeness (QED) is 0.876. The summed E-state index contributed by atoms with van der Waals surface area (Å²) in [5.74, 6) is 1.50. The van der Waals surface area contributed by atoms with Crippen LogP contribution in [0.25, 0.3) is 0 Å². The van der Waals surface area contributed by atoms with E-state index in [-0.39, 0.29) is 0 Å². The molecule has 2 rings (SSSR count). The van der Waals surface area contributed by atoms with Crippen LogP contribution in [-0.2, 0) is 0 Å². The lowest BCUT2D eigenvalue weighted by molar-refractivity contribution is 1.08. The van der Waals surface area contributed by atoms with E-state index in [9.17, 15) is 0 Å². The maximum Gasteiger partial charge on any atom is 0.138 e. The van der Waals surface area contributed by atoms with E-state index in [1.807, 2.05) is 32.0 Å². The molecule has 19 heavy (non-hydrogen) atoms. The summed E-state index contributed by atoms with van der Waals surface area (Å²) in [5, 5.41) is 15.4. The third-order valence-electron chi connectivity index (χ3n) is 2.73. The van der Waals surface area contributed by atoms with Gasteiger partial charge in [0.15, 0.2) is 0 Å². The van der Waals surface area contributed by atoms with Gasteiger partial charge < -0.3 is 10.6 Å². The van der Waals surface area contributed by atoms with Crippen molar-refractivity contribution < 1.29 is 0 Å². The molecule has 1 aromatic carbocycles. The number of anilines is 3. The van der Waals surface area contributed by atoms with Crippen LogP contribution in [0.4, 0.5) is 17.3 Å². The van der Waals surface area contributed by atoms with Crippen molar-refractivity contribution in [1.82, 2.24) is 9.97 Å². The largest absolute Gasteiger partial charge is 0.370 e. The molecule has 1 aromatic heterocycles. The summed E-state index contributed by atoms with van der Waals surface area (Å²) in [4.78, 5) is 8.41. The number of aromatic nitrogens is 2. The van der Waals surface area contributed by atoms with Crippen molar-refractivity contribution >= 4 is 17.3 Å². The normalized spacial score (nSPS) is 9.74. The molecule has 2 aromatic rings. The van der Waals surface area contributed by atoms with Gasteiger partial charge in [-0.3, -0.25) is 0 Å². The maximum atomic E-state index is 9.07. The van der Waals surface area contributed by atoms with Crippen LogP contribution in [0.5, 0.6) is 0 Å². The van der Waals surface area contributed by atoms with Crippen molar-refractivity contribution in [2.24, 2.45) is 0 Å². The predicted molar refractivity (Wildman–Crippen MR) is 75.4 cm³/mol. The zero-order valence-corrected chi connectivity index (χ0v) is 10.9. The number of para-hydroxylation sites is 1. The van der Waals surface area contributed by atoms with Gasteiger partial charge in [0, 0.05) is 12.1 Å². The van der Waals surface area contributed by atoms with E-state index in [4.69, 9.17) is 5.26 Å². The minimum absolute atomic E-state index is 0.588. The van der Waals surface area contributed by atoms with Crippen LogP contribution in [0.2, 0.25) is 0 Å². The molecule has 0 fully saturated rings. The van der Waals surface area contributed by atoms with Crippen molar-refractivity contribution in [1.29, 1.82) is 5.26 Å². The fourth-order valence-electron chi connectivity index (χ4n) is 1.74. The van der Waals surface area contributed by atoms with Crippen molar-refractivity contribution in [2.75, 3.05) is 17.2 Å². The average molecular weight is 253 g/mol. The Hall–Kier alpha value is -2.61. The fourth-order valence-corrected chi connectivity index (χ4v) is 1.74. The van der Waals surface area contributed by atoms with E-state index < -0.39 is 0 Å². The third-order valence-corrected chi connectivity index (χ3v) is 2.73. The molecule has 0 bridgehead atoms. The summed E-state index contributed by atoms with van der Waals surface area (Å²) in [6, 6.07) is 9.49. The van der Waals surface area contributed by atoms with Gasteiger partial charge in [0.1, 0.15) is 24.0 Å². The van der Waals surface area contributed by atoms with Gasteiger partial charge in [-0.2, -0.15) is 5.26 Å². The van der Waals surface area contributed by atoms with Gasteiger partial charge in [0.2, 0.25) is 0 Å². The minimum atomic E-state index is 0.588. The molecule has 5 heteroatoms. The molecule has 2 N–H and O–H groups in total. The fraction of sp³-hybridized carbons (Fsp3) is 0.214. The highest BCUT2D eigenvalue weighted by Crippen LogP contribution is 2.24. The predicted octanol–water partition coefficient (Wildman–Crippen LogP) is 2.83. The molecule has 0 amide bonds. The van der Waals surface area contributed by atoms with Crippen LogP contribution >= 0.6 is 0 Å². The van der Waals surface area contributed by atoms with Gasteiger partial charge in [-0.05, 0) is 26.0 Å². The molecule has 0 aliphatic heterocycles. The number of hydrogen-bond acceptors (Lipinski definition) is 5. The first-order chi connectivity index (χ1) is 9.26. The number of benzene rings is 1. The van der Waals surface area contributed by atoms with E-state index in [0.717, 1.165) is 23.6 Å². The van der Waals surface area contributed by atoms with E-state index >= 15 is 0 Å². The molecule has 1 heterocycles. The maximum absolute atomic E-state index is 9.07. The summed E-state index contributed by atoms with van der Waals surface area (Å²) in [6.07, 6.45) is 1.50. The molecule has 96 valence electrons. The molecule has 0 atom stereocenters. The monoisotopic (exact) mass is 253 g/mol. The Morgan fingerprint density at radius 3 is 2.68 bits per heavy atom. The van der Waals surface area contributed by atoms with Crippen molar-refractivity contribution in [3.8, 4) is 6.07 Å². The topological polar surface area (TPSA) is 73.6 Å². The van der Waals surface area contributed by atoms with Gasteiger partial charge in [0.05, 0.1) is 11.3 Å². The van der Waals surface area contributed by atoms with Crippen LogP contribution < -0.4 is 10.6 Å². The van der Waals surface area contributed by atoms with E-state index in [0.29, 0.717) is 11.4 Å². The zero-order valence-electron chi connectivity index (χ0n) is 10.9. The lowest BCUT2D eigenvalue weighted by Crippen LogP contribution is -2.06. The van der Waals surface area contributed by atoms with Crippen molar-refractivity contribution in [2.45, 2.75) is 13.8 Å². The van der Waals surface area contributed by atoms with Crippen LogP contribution in [0, 0.1) is 18.3 Å². The molecular weight excluding hydrogens is 238 g/mol. The lowest BCUT2D eigenvalue weighted by Gasteiger charge is -2.12. The van der Waals surface area contributed by atoms with Crippen LogP contribution in [0.3, 0.4) is 0 Å². The zero-order chi connectivity index (χ0) is 13.7. The van der Waals surface area contributed by atoms with Crippen molar-refractivity contribution in [3.63, 3.8) is 0 Å². The van der Waals surface area contributed by atoms with E-state index in [1.54, 1.807) is 6.07 Å². The second-order valence-corrected chi connectivity index (χ2v) is 4.01. The number of hydrogen-bond donors (Lipinski definition) is 2. The molecule has 0 radical (unpaired) electrons. The first-order valence-electron chi connectivity index (χ1n) is 6.08. The summed E-state index contributed by atoms with van der Waals surface area (Å²) in [6.45, 7) is 4.75. The molecule has 0 spiro atoms. The highest BCUT2D eigenvalue weighted by molar-refractivity contribution is 5.68. The lowest BCUT2D eigenvalue weighted by atomic mass is 10.2. The molecule has 0 unspecified atom stereocenters. The highest BCUT2D eigenvalue weighted by atomic mass is 15.1. The third kappa shape index (κ3) is 2.80. The van der Waals surface area contributed by atoms with E-state index in [2.05, 4.69) is 26.7 Å². The summed E-state index contributed by atoms with van der Waals surface area (Å²) < 4.78 is 0. The standard InChI is InChI=1S/C14H15N5/c1-3-16-13-10(2)14(18-9-17-13)19-12-7-5-4-6-11(12)8-15/h4-7,9H,3H2,1-2H3,(H2,16,17,18,19). The number of nitriles is 1. The van der Waals surface area contributed by atoms with Gasteiger partial charge in [-0.15, -0.1) is 0 Å².